The van der Waals surface area contributed by atoms with Crippen LogP contribution >= 0.6 is 24.8 Å². The van der Waals surface area contributed by atoms with Gasteiger partial charge in [-0.1, -0.05) is 0 Å². The first kappa shape index (κ1) is 16.2. The van der Waals surface area contributed by atoms with Crippen molar-refractivity contribution in [1.29, 1.82) is 0 Å². The zero-order valence-corrected chi connectivity index (χ0v) is 10.00. The Hall–Kier alpha value is -0.190. The molecule has 1 aliphatic heterocycles. The van der Waals surface area contributed by atoms with Crippen LogP contribution in [-0.4, -0.2) is 36.6 Å². The molecule has 0 spiro atoms. The molecule has 86 valence electrons. The second-order valence-corrected chi connectivity index (χ2v) is 3.16. The SMILES string of the molecule is CCNC(=O)N1CCC(N)CC1.Cl.Cl. The molecule has 3 N–H and O–H groups in total. The molecule has 1 aliphatic rings. The fraction of sp³-hybridized carbons (Fsp3) is 0.875. The molecule has 0 unspecified atom stereocenters. The fourth-order valence-corrected chi connectivity index (χ4v) is 1.37. The highest BCUT2D eigenvalue weighted by molar-refractivity contribution is 5.85. The Morgan fingerprint density at radius 2 is 1.93 bits per heavy atom. The van der Waals surface area contributed by atoms with E-state index in [0.29, 0.717) is 6.54 Å². The number of amides is 2. The maximum absolute atomic E-state index is 11.3. The molecule has 0 radical (unpaired) electrons. The van der Waals surface area contributed by atoms with Crippen molar-refractivity contribution >= 4 is 30.8 Å². The lowest BCUT2D eigenvalue weighted by molar-refractivity contribution is 0.182. The van der Waals surface area contributed by atoms with Gasteiger partial charge in [-0.25, -0.2) is 4.79 Å². The van der Waals surface area contributed by atoms with Crippen molar-refractivity contribution in [2.24, 2.45) is 5.73 Å². The van der Waals surface area contributed by atoms with Crippen LogP contribution in [0.25, 0.3) is 0 Å². The summed E-state index contributed by atoms with van der Waals surface area (Å²) in [5.74, 6) is 0. The fourth-order valence-electron chi connectivity index (χ4n) is 1.37. The van der Waals surface area contributed by atoms with E-state index in [4.69, 9.17) is 5.73 Å². The summed E-state index contributed by atoms with van der Waals surface area (Å²) in [6.45, 7) is 4.22. The number of nitrogens with zero attached hydrogens (tertiary/aromatic N) is 1. The molecule has 0 bridgehead atoms. The molecule has 0 aliphatic carbocycles. The smallest absolute Gasteiger partial charge is 0.317 e. The average molecular weight is 244 g/mol. The van der Waals surface area contributed by atoms with Crippen LogP contribution in [0.15, 0.2) is 0 Å². The van der Waals surface area contributed by atoms with Gasteiger partial charge in [0.2, 0.25) is 0 Å². The number of urea groups is 1. The Kier molecular flexibility index (Phi) is 9.45. The highest BCUT2D eigenvalue weighted by Gasteiger charge is 2.19. The van der Waals surface area contributed by atoms with Gasteiger partial charge in [0.05, 0.1) is 0 Å². The highest BCUT2D eigenvalue weighted by Crippen LogP contribution is 2.07. The third-order valence-corrected chi connectivity index (χ3v) is 2.15. The molecule has 1 saturated heterocycles. The van der Waals surface area contributed by atoms with E-state index in [1.165, 1.54) is 0 Å². The number of carbonyl (C=O) groups is 1. The molecule has 0 aromatic rings. The van der Waals surface area contributed by atoms with Crippen LogP contribution in [0.2, 0.25) is 0 Å². The summed E-state index contributed by atoms with van der Waals surface area (Å²) in [6.07, 6.45) is 1.86. The van der Waals surface area contributed by atoms with Gasteiger partial charge in [0, 0.05) is 25.7 Å². The summed E-state index contributed by atoms with van der Waals surface area (Å²) in [6, 6.07) is 0.333. The largest absolute Gasteiger partial charge is 0.338 e. The van der Waals surface area contributed by atoms with Gasteiger partial charge in [-0.3, -0.25) is 0 Å². The first-order chi connectivity index (χ1) is 5.74. The summed E-state index contributed by atoms with van der Waals surface area (Å²) in [7, 11) is 0. The second-order valence-electron chi connectivity index (χ2n) is 3.16. The van der Waals surface area contributed by atoms with E-state index in [0.717, 1.165) is 25.9 Å². The van der Waals surface area contributed by atoms with E-state index in [1.54, 1.807) is 0 Å². The minimum atomic E-state index is 0. The maximum Gasteiger partial charge on any atom is 0.317 e. The molecule has 2 amide bonds. The summed E-state index contributed by atoms with van der Waals surface area (Å²) < 4.78 is 0. The third kappa shape index (κ3) is 4.88. The summed E-state index contributed by atoms with van der Waals surface area (Å²) >= 11 is 0. The molecule has 0 aromatic heterocycles. The van der Waals surface area contributed by atoms with E-state index in [9.17, 15) is 4.79 Å². The van der Waals surface area contributed by atoms with Gasteiger partial charge in [0.1, 0.15) is 0 Å². The molecule has 1 heterocycles. The molecule has 0 aromatic carbocycles. The zero-order valence-electron chi connectivity index (χ0n) is 8.36. The van der Waals surface area contributed by atoms with Crippen molar-refractivity contribution in [2.45, 2.75) is 25.8 Å². The third-order valence-electron chi connectivity index (χ3n) is 2.15. The van der Waals surface area contributed by atoms with Gasteiger partial charge in [0.25, 0.3) is 0 Å². The van der Waals surface area contributed by atoms with Crippen LogP contribution in [0.5, 0.6) is 0 Å². The predicted octanol–water partition coefficient (Wildman–Crippen LogP) is 0.983. The van der Waals surface area contributed by atoms with Gasteiger partial charge in [0.15, 0.2) is 0 Å². The number of rotatable bonds is 1. The standard InChI is InChI=1S/C8H17N3O.2ClH/c1-2-10-8(12)11-5-3-7(9)4-6-11;;/h7H,2-6,9H2,1H3,(H,10,12);2*1H. The van der Waals surface area contributed by atoms with E-state index in [1.807, 2.05) is 11.8 Å². The van der Waals surface area contributed by atoms with E-state index in [2.05, 4.69) is 5.32 Å². The van der Waals surface area contributed by atoms with Crippen LogP contribution in [0.3, 0.4) is 0 Å². The van der Waals surface area contributed by atoms with Gasteiger partial charge < -0.3 is 16.0 Å². The Bertz CT molecular complexity index is 161. The molecule has 0 atom stereocenters. The van der Waals surface area contributed by atoms with E-state index < -0.39 is 0 Å². The monoisotopic (exact) mass is 243 g/mol. The number of halogens is 2. The number of nitrogens with two attached hydrogens (primary N) is 1. The van der Waals surface area contributed by atoms with Crippen LogP contribution in [0, 0.1) is 0 Å². The Morgan fingerprint density at radius 3 is 2.36 bits per heavy atom. The molecule has 0 saturated carbocycles. The Balaban J connectivity index is 0. The molecule has 6 heteroatoms. The lowest BCUT2D eigenvalue weighted by Gasteiger charge is -2.29. The van der Waals surface area contributed by atoms with Gasteiger partial charge >= 0.3 is 6.03 Å². The van der Waals surface area contributed by atoms with Crippen molar-refractivity contribution < 1.29 is 4.79 Å². The van der Waals surface area contributed by atoms with Crippen molar-refractivity contribution in [3.63, 3.8) is 0 Å². The highest BCUT2D eigenvalue weighted by atomic mass is 35.5. The van der Waals surface area contributed by atoms with Crippen molar-refractivity contribution in [3.05, 3.63) is 0 Å². The number of piperidine rings is 1. The van der Waals surface area contributed by atoms with Crippen LogP contribution in [-0.2, 0) is 0 Å². The summed E-state index contributed by atoms with van der Waals surface area (Å²) in [5.41, 5.74) is 5.71. The molecular formula is C8H19Cl2N3O. The number of hydrogen-bond acceptors (Lipinski definition) is 2. The molecular weight excluding hydrogens is 225 g/mol. The maximum atomic E-state index is 11.3. The number of likely N-dealkylation sites (tertiary alicyclic amines) is 1. The van der Waals surface area contributed by atoms with Crippen LogP contribution < -0.4 is 11.1 Å². The molecule has 1 fully saturated rings. The Morgan fingerprint density at radius 1 is 1.43 bits per heavy atom. The first-order valence-corrected chi connectivity index (χ1v) is 4.52. The van der Waals surface area contributed by atoms with Gasteiger partial charge in [-0.15, -0.1) is 24.8 Å². The van der Waals surface area contributed by atoms with Crippen molar-refractivity contribution in [3.8, 4) is 0 Å². The van der Waals surface area contributed by atoms with Crippen molar-refractivity contribution in [2.75, 3.05) is 19.6 Å². The van der Waals surface area contributed by atoms with Gasteiger partial charge in [-0.05, 0) is 19.8 Å². The minimum Gasteiger partial charge on any atom is -0.338 e. The zero-order chi connectivity index (χ0) is 8.97. The van der Waals surface area contributed by atoms with E-state index in [-0.39, 0.29) is 36.9 Å². The number of hydrogen-bond donors (Lipinski definition) is 2. The number of carbonyl (C=O) groups excluding carboxylic acids is 1. The van der Waals surface area contributed by atoms with E-state index >= 15 is 0 Å². The quantitative estimate of drug-likeness (QED) is 0.722. The first-order valence-electron chi connectivity index (χ1n) is 4.52. The molecule has 4 nitrogen and oxygen atoms in total. The average Bonchev–Trinajstić information content (AvgIpc) is 2.06. The lowest BCUT2D eigenvalue weighted by Crippen LogP contribution is -2.47. The molecule has 14 heavy (non-hydrogen) atoms. The lowest BCUT2D eigenvalue weighted by atomic mass is 10.1. The second kappa shape index (κ2) is 8.15. The van der Waals surface area contributed by atoms with Gasteiger partial charge in [-0.2, -0.15) is 0 Å². The van der Waals surface area contributed by atoms with Crippen molar-refractivity contribution in [1.82, 2.24) is 10.2 Å². The minimum absolute atomic E-state index is 0. The summed E-state index contributed by atoms with van der Waals surface area (Å²) in [5, 5.41) is 2.78. The molecule has 1 rings (SSSR count). The Labute approximate surface area is 97.4 Å². The normalized spacial score (nSPS) is 16.6. The van der Waals surface area contributed by atoms with Crippen LogP contribution in [0.4, 0.5) is 4.79 Å². The van der Waals surface area contributed by atoms with Crippen LogP contribution in [0.1, 0.15) is 19.8 Å². The predicted molar refractivity (Wildman–Crippen MR) is 62.4 cm³/mol. The number of nitrogens with one attached hydrogen (secondary N) is 1. The topological polar surface area (TPSA) is 58.4 Å². The summed E-state index contributed by atoms with van der Waals surface area (Å²) in [4.78, 5) is 13.1.